The zero-order valence-corrected chi connectivity index (χ0v) is 9.31. The van der Waals surface area contributed by atoms with Gasteiger partial charge in [0.15, 0.2) is 0 Å². The predicted octanol–water partition coefficient (Wildman–Crippen LogP) is 0.826. The van der Waals surface area contributed by atoms with Crippen molar-refractivity contribution in [1.82, 2.24) is 10.6 Å². The van der Waals surface area contributed by atoms with Gasteiger partial charge < -0.3 is 10.6 Å². The summed E-state index contributed by atoms with van der Waals surface area (Å²) in [5.74, 6) is -1.57. The summed E-state index contributed by atoms with van der Waals surface area (Å²) in [5, 5.41) is 4.03. The highest BCUT2D eigenvalue weighted by molar-refractivity contribution is 5.87. The Morgan fingerprint density at radius 1 is 1.25 bits per heavy atom. The standard InChI is InChI=1S/C9H15F3N2O2/c1-5(2)7(14-6(3)15)8(16)13-4-9(10,11)12/h5,7H,4H2,1-3H3,(H,13,16)(H,14,15). The van der Waals surface area contributed by atoms with Crippen molar-refractivity contribution < 1.29 is 22.8 Å². The molecular weight excluding hydrogens is 225 g/mol. The summed E-state index contributed by atoms with van der Waals surface area (Å²) in [6.07, 6.45) is -4.45. The van der Waals surface area contributed by atoms with Crippen molar-refractivity contribution in [3.63, 3.8) is 0 Å². The van der Waals surface area contributed by atoms with Crippen LogP contribution in [0, 0.1) is 5.92 Å². The minimum Gasteiger partial charge on any atom is -0.345 e. The maximum Gasteiger partial charge on any atom is 0.405 e. The van der Waals surface area contributed by atoms with Gasteiger partial charge in [-0.25, -0.2) is 0 Å². The van der Waals surface area contributed by atoms with E-state index >= 15 is 0 Å². The molecule has 0 spiro atoms. The van der Waals surface area contributed by atoms with Gasteiger partial charge in [0.1, 0.15) is 12.6 Å². The fourth-order valence-corrected chi connectivity index (χ4v) is 1.05. The van der Waals surface area contributed by atoms with Gasteiger partial charge in [-0.3, -0.25) is 9.59 Å². The number of hydrogen-bond donors (Lipinski definition) is 2. The molecule has 4 nitrogen and oxygen atoms in total. The second-order valence-electron chi connectivity index (χ2n) is 3.76. The predicted molar refractivity (Wildman–Crippen MR) is 51.5 cm³/mol. The van der Waals surface area contributed by atoms with Crippen molar-refractivity contribution in [2.45, 2.75) is 33.0 Å². The van der Waals surface area contributed by atoms with Gasteiger partial charge in [-0.2, -0.15) is 13.2 Å². The van der Waals surface area contributed by atoms with E-state index in [1.54, 1.807) is 19.2 Å². The monoisotopic (exact) mass is 240 g/mol. The molecule has 0 aliphatic carbocycles. The summed E-state index contributed by atoms with van der Waals surface area (Å²) in [6.45, 7) is 3.07. The van der Waals surface area contributed by atoms with Gasteiger partial charge in [0, 0.05) is 6.92 Å². The van der Waals surface area contributed by atoms with Crippen molar-refractivity contribution in [3.8, 4) is 0 Å². The van der Waals surface area contributed by atoms with Crippen molar-refractivity contribution in [2.75, 3.05) is 6.54 Å². The highest BCUT2D eigenvalue weighted by Crippen LogP contribution is 2.12. The van der Waals surface area contributed by atoms with Crippen LogP contribution in [-0.4, -0.2) is 30.6 Å². The Morgan fingerprint density at radius 2 is 1.75 bits per heavy atom. The first-order valence-corrected chi connectivity index (χ1v) is 4.75. The summed E-state index contributed by atoms with van der Waals surface area (Å²) < 4.78 is 35.5. The molecule has 0 heterocycles. The molecule has 0 aromatic carbocycles. The number of amides is 2. The quantitative estimate of drug-likeness (QED) is 0.764. The highest BCUT2D eigenvalue weighted by Gasteiger charge is 2.30. The first-order chi connectivity index (χ1) is 7.13. The smallest absolute Gasteiger partial charge is 0.345 e. The van der Waals surface area contributed by atoms with E-state index in [2.05, 4.69) is 5.32 Å². The summed E-state index contributed by atoms with van der Waals surface area (Å²) >= 11 is 0. The molecule has 0 aliphatic rings. The minimum atomic E-state index is -4.45. The molecule has 0 rings (SSSR count). The Balaban J connectivity index is 4.34. The summed E-state index contributed by atoms with van der Waals surface area (Å²) in [5.41, 5.74) is 0. The van der Waals surface area contributed by atoms with E-state index in [9.17, 15) is 22.8 Å². The third kappa shape index (κ3) is 6.26. The van der Waals surface area contributed by atoms with E-state index in [1.807, 2.05) is 0 Å². The Bertz CT molecular complexity index is 264. The van der Waals surface area contributed by atoms with Crippen LogP contribution in [0.1, 0.15) is 20.8 Å². The molecule has 0 saturated carbocycles. The van der Waals surface area contributed by atoms with Crippen LogP contribution in [0.15, 0.2) is 0 Å². The molecule has 0 aromatic heterocycles. The molecule has 2 N–H and O–H groups in total. The highest BCUT2D eigenvalue weighted by atomic mass is 19.4. The van der Waals surface area contributed by atoms with Crippen LogP contribution in [0.5, 0.6) is 0 Å². The van der Waals surface area contributed by atoms with E-state index in [1.165, 1.54) is 6.92 Å². The maximum absolute atomic E-state index is 11.8. The number of rotatable bonds is 4. The van der Waals surface area contributed by atoms with Crippen molar-refractivity contribution in [2.24, 2.45) is 5.92 Å². The second kappa shape index (κ2) is 5.72. The van der Waals surface area contributed by atoms with Crippen LogP contribution < -0.4 is 10.6 Å². The third-order valence-corrected chi connectivity index (χ3v) is 1.77. The SMILES string of the molecule is CC(=O)NC(C(=O)NCC(F)(F)F)C(C)C. The first kappa shape index (κ1) is 14.7. The van der Waals surface area contributed by atoms with Gasteiger partial charge in [0.05, 0.1) is 0 Å². The van der Waals surface area contributed by atoms with Gasteiger partial charge in [-0.05, 0) is 5.92 Å². The normalized spacial score (nSPS) is 13.4. The van der Waals surface area contributed by atoms with Gasteiger partial charge in [0.2, 0.25) is 11.8 Å². The molecular formula is C9H15F3N2O2. The summed E-state index contributed by atoms with van der Waals surface area (Å²) in [4.78, 5) is 22.1. The molecule has 0 bridgehead atoms. The zero-order valence-electron chi connectivity index (χ0n) is 9.31. The fourth-order valence-electron chi connectivity index (χ4n) is 1.05. The summed E-state index contributed by atoms with van der Waals surface area (Å²) in [7, 11) is 0. The average molecular weight is 240 g/mol. The lowest BCUT2D eigenvalue weighted by Crippen LogP contribution is -2.50. The molecule has 1 atom stereocenters. The number of hydrogen-bond acceptors (Lipinski definition) is 2. The molecule has 0 aromatic rings. The van der Waals surface area contributed by atoms with Crippen LogP contribution in [0.3, 0.4) is 0 Å². The number of alkyl halides is 3. The largest absolute Gasteiger partial charge is 0.405 e. The molecule has 2 amide bonds. The molecule has 0 saturated heterocycles. The van der Waals surface area contributed by atoms with Gasteiger partial charge in [0.25, 0.3) is 0 Å². The van der Waals surface area contributed by atoms with Crippen LogP contribution >= 0.6 is 0 Å². The Morgan fingerprint density at radius 3 is 2.06 bits per heavy atom. The molecule has 16 heavy (non-hydrogen) atoms. The minimum absolute atomic E-state index is 0.280. The lowest BCUT2D eigenvalue weighted by Gasteiger charge is -2.21. The van der Waals surface area contributed by atoms with Crippen LogP contribution in [0.4, 0.5) is 13.2 Å². The van der Waals surface area contributed by atoms with Crippen molar-refractivity contribution in [3.05, 3.63) is 0 Å². The summed E-state index contributed by atoms with van der Waals surface area (Å²) in [6, 6.07) is -0.945. The van der Waals surface area contributed by atoms with E-state index in [4.69, 9.17) is 0 Å². The molecule has 1 unspecified atom stereocenters. The molecule has 0 radical (unpaired) electrons. The molecule has 0 aliphatic heterocycles. The molecule has 0 fully saturated rings. The van der Waals surface area contributed by atoms with Crippen LogP contribution in [0.25, 0.3) is 0 Å². The molecule has 7 heteroatoms. The second-order valence-corrected chi connectivity index (χ2v) is 3.76. The topological polar surface area (TPSA) is 58.2 Å². The first-order valence-electron chi connectivity index (χ1n) is 4.75. The van der Waals surface area contributed by atoms with Crippen molar-refractivity contribution >= 4 is 11.8 Å². The third-order valence-electron chi connectivity index (χ3n) is 1.77. The number of halogens is 3. The number of carbonyl (C=O) groups excluding carboxylic acids is 2. The van der Waals surface area contributed by atoms with Gasteiger partial charge in [-0.15, -0.1) is 0 Å². The average Bonchev–Trinajstić information content (AvgIpc) is 2.08. The Hall–Kier alpha value is -1.27. The van der Waals surface area contributed by atoms with E-state index < -0.39 is 30.6 Å². The molecule has 94 valence electrons. The maximum atomic E-state index is 11.8. The van der Waals surface area contributed by atoms with Crippen LogP contribution in [-0.2, 0) is 9.59 Å². The lowest BCUT2D eigenvalue weighted by atomic mass is 10.0. The van der Waals surface area contributed by atoms with Gasteiger partial charge in [-0.1, -0.05) is 13.8 Å². The van der Waals surface area contributed by atoms with E-state index in [-0.39, 0.29) is 5.92 Å². The lowest BCUT2D eigenvalue weighted by molar-refractivity contribution is -0.141. The van der Waals surface area contributed by atoms with E-state index in [0.29, 0.717) is 0 Å². The van der Waals surface area contributed by atoms with Gasteiger partial charge >= 0.3 is 6.18 Å². The number of nitrogens with one attached hydrogen (secondary N) is 2. The Labute approximate surface area is 91.6 Å². The van der Waals surface area contributed by atoms with Crippen LogP contribution in [0.2, 0.25) is 0 Å². The number of carbonyl (C=O) groups is 2. The van der Waals surface area contributed by atoms with Crippen molar-refractivity contribution in [1.29, 1.82) is 0 Å². The fraction of sp³-hybridized carbons (Fsp3) is 0.778. The van der Waals surface area contributed by atoms with E-state index in [0.717, 1.165) is 0 Å². The Kier molecular flexibility index (Phi) is 5.26. The zero-order chi connectivity index (χ0) is 12.9.